The number of anilines is 1. The van der Waals surface area contributed by atoms with Crippen molar-refractivity contribution in [2.75, 3.05) is 34.2 Å². The van der Waals surface area contributed by atoms with Gasteiger partial charge in [0, 0.05) is 16.3 Å². The van der Waals surface area contributed by atoms with Crippen molar-refractivity contribution in [2.24, 2.45) is 0 Å². The molecule has 0 spiro atoms. The van der Waals surface area contributed by atoms with E-state index in [0.717, 1.165) is 16.3 Å². The van der Waals surface area contributed by atoms with Crippen LogP contribution in [0.2, 0.25) is 0 Å². The third-order valence-electron chi connectivity index (χ3n) is 5.75. The van der Waals surface area contributed by atoms with Crippen LogP contribution in [0.1, 0.15) is 31.7 Å². The molecule has 0 unspecified atom stereocenters. The van der Waals surface area contributed by atoms with E-state index in [4.69, 9.17) is 24.7 Å². The lowest BCUT2D eigenvalue weighted by Crippen LogP contribution is -2.42. The lowest BCUT2D eigenvalue weighted by molar-refractivity contribution is -0.133. The number of fused-ring (bicyclic) bond motifs is 1. The summed E-state index contributed by atoms with van der Waals surface area (Å²) in [5.74, 6) is -0.998. The third kappa shape index (κ3) is 4.09. The van der Waals surface area contributed by atoms with Crippen LogP contribution in [0.15, 0.2) is 48.5 Å². The first-order chi connectivity index (χ1) is 17.4. The summed E-state index contributed by atoms with van der Waals surface area (Å²) in [5, 5.41) is -0.483. The number of rotatable bonds is 6. The number of ether oxygens (including phenoxy) is 4. The summed E-state index contributed by atoms with van der Waals surface area (Å²) in [6, 6.07) is 14.1. The third-order valence-corrected chi connectivity index (χ3v) is 7.04. The average molecular weight is 509 g/mol. The molecule has 0 radical (unpaired) electrons. The molecule has 0 saturated heterocycles. The van der Waals surface area contributed by atoms with Crippen molar-refractivity contribution in [3.63, 3.8) is 0 Å². The summed E-state index contributed by atoms with van der Waals surface area (Å²) in [6.45, 7) is 0. The molecule has 1 aliphatic rings. The lowest BCUT2D eigenvalue weighted by atomic mass is 10.1. The van der Waals surface area contributed by atoms with E-state index in [1.807, 2.05) is 0 Å². The maximum atomic E-state index is 13.9. The normalized spacial score (nSPS) is 15.3. The summed E-state index contributed by atoms with van der Waals surface area (Å²) < 4.78 is 22.1. The Morgan fingerprint density at radius 3 is 2.17 bits per heavy atom. The highest BCUT2D eigenvalue weighted by Gasteiger charge is 2.39. The minimum absolute atomic E-state index is 0.0150. The lowest BCUT2D eigenvalue weighted by Gasteiger charge is -2.24. The summed E-state index contributed by atoms with van der Waals surface area (Å²) in [6.07, 6.45) is 1.66. The van der Waals surface area contributed by atoms with Crippen LogP contribution in [0.3, 0.4) is 0 Å². The second-order valence-corrected chi connectivity index (χ2v) is 8.75. The number of nitrogens with two attached hydrogens (primary N) is 1. The average Bonchev–Trinajstić information content (AvgIpc) is 3.20. The number of hydrogen-bond donors (Lipinski definition) is 1. The number of nitrogen functional groups attached to an aromatic ring is 1. The van der Waals surface area contributed by atoms with Crippen molar-refractivity contribution in [1.29, 1.82) is 0 Å². The standard InChI is InChI=1S/C26H24N2O7S/c1-32-17-11-7-5-9-14(17)13-16-19(27)21(25(30)34-3)28-20(16)23(26(31)35-4)36-22(24(28)29)15-10-6-8-12-18(15)33-2/h5-13,22H,27H2,1-4H3/b16-13+/t22-/m1/s1. The van der Waals surface area contributed by atoms with Crippen molar-refractivity contribution in [2.45, 2.75) is 5.25 Å². The first-order valence-electron chi connectivity index (χ1n) is 10.8. The molecule has 0 bridgehead atoms. The Morgan fingerprint density at radius 1 is 0.917 bits per heavy atom. The van der Waals surface area contributed by atoms with Gasteiger partial charge in [0.1, 0.15) is 21.7 Å². The maximum absolute atomic E-state index is 13.9. The van der Waals surface area contributed by atoms with Gasteiger partial charge in [-0.25, -0.2) is 9.59 Å². The Morgan fingerprint density at radius 2 is 1.53 bits per heavy atom. The largest absolute Gasteiger partial charge is 0.496 e. The van der Waals surface area contributed by atoms with Crippen molar-refractivity contribution < 1.29 is 33.3 Å². The topological polar surface area (TPSA) is 119 Å². The minimum atomic E-state index is -0.919. The van der Waals surface area contributed by atoms with Gasteiger partial charge in [0.25, 0.3) is 0 Å². The van der Waals surface area contributed by atoms with Crippen LogP contribution >= 0.6 is 11.8 Å². The van der Waals surface area contributed by atoms with Crippen molar-refractivity contribution in [1.82, 2.24) is 4.57 Å². The molecule has 10 heteroatoms. The van der Waals surface area contributed by atoms with Gasteiger partial charge in [-0.15, -0.1) is 0 Å². The number of benzene rings is 2. The molecule has 36 heavy (non-hydrogen) atoms. The molecule has 1 aliphatic heterocycles. The Bertz CT molecular complexity index is 1490. The molecular weight excluding hydrogens is 484 g/mol. The highest BCUT2D eigenvalue weighted by molar-refractivity contribution is 8.10. The predicted octanol–water partition coefficient (Wildman–Crippen LogP) is 2.11. The molecule has 4 rings (SSSR count). The van der Waals surface area contributed by atoms with E-state index in [-0.39, 0.29) is 21.6 Å². The van der Waals surface area contributed by atoms with Gasteiger partial charge in [-0.3, -0.25) is 9.36 Å². The molecule has 0 fully saturated rings. The fourth-order valence-corrected chi connectivity index (χ4v) is 5.35. The molecule has 0 aliphatic carbocycles. The molecular formula is C26H24N2O7S. The first kappa shape index (κ1) is 24.9. The van der Waals surface area contributed by atoms with Crippen LogP contribution in [-0.4, -0.2) is 50.9 Å². The number of thioether (sulfide) groups is 1. The van der Waals surface area contributed by atoms with E-state index in [2.05, 4.69) is 0 Å². The predicted molar refractivity (Wildman–Crippen MR) is 135 cm³/mol. The Labute approximate surface area is 211 Å². The van der Waals surface area contributed by atoms with Gasteiger partial charge in [-0.05, 0) is 18.2 Å². The quantitative estimate of drug-likeness (QED) is 0.499. The fraction of sp³-hybridized carbons (Fsp3) is 0.192. The van der Waals surface area contributed by atoms with Crippen LogP contribution in [0.5, 0.6) is 11.5 Å². The van der Waals surface area contributed by atoms with E-state index in [0.29, 0.717) is 27.8 Å². The molecule has 186 valence electrons. The zero-order valence-corrected chi connectivity index (χ0v) is 20.9. The Hall–Kier alpha value is -4.18. The SMILES string of the molecule is COC(=O)C1=c2/c(=C/c3ccccc3OC)c(N)c(C(=O)OC)n2C(=O)[C@@H](c2ccccc2OC)S1. The van der Waals surface area contributed by atoms with Crippen molar-refractivity contribution in [3.8, 4) is 11.5 Å². The molecule has 2 N–H and O–H groups in total. The van der Waals surface area contributed by atoms with Crippen LogP contribution in [0, 0.1) is 0 Å². The molecule has 2 aromatic carbocycles. The summed E-state index contributed by atoms with van der Waals surface area (Å²) in [7, 11) is 5.44. The highest BCUT2D eigenvalue weighted by Crippen LogP contribution is 2.42. The number of carbonyl (C=O) groups is 3. The number of esters is 2. The zero-order chi connectivity index (χ0) is 26.0. The summed E-state index contributed by atoms with van der Waals surface area (Å²) >= 11 is 1.01. The molecule has 1 aromatic heterocycles. The highest BCUT2D eigenvalue weighted by atomic mass is 32.2. The number of nitrogens with zero attached hydrogens (tertiary/aromatic N) is 1. The van der Waals surface area contributed by atoms with Crippen molar-refractivity contribution >= 4 is 46.3 Å². The molecule has 2 heterocycles. The van der Waals surface area contributed by atoms with E-state index < -0.39 is 23.1 Å². The van der Waals surface area contributed by atoms with Gasteiger partial charge >= 0.3 is 11.9 Å². The Kier molecular flexibility index (Phi) is 7.07. The fourth-order valence-electron chi connectivity index (χ4n) is 4.10. The van der Waals surface area contributed by atoms with E-state index in [9.17, 15) is 14.4 Å². The zero-order valence-electron chi connectivity index (χ0n) is 20.1. The van der Waals surface area contributed by atoms with E-state index in [1.54, 1.807) is 54.6 Å². The van der Waals surface area contributed by atoms with E-state index in [1.165, 1.54) is 28.4 Å². The van der Waals surface area contributed by atoms with Gasteiger partial charge in [-0.1, -0.05) is 48.2 Å². The second kappa shape index (κ2) is 10.2. The van der Waals surface area contributed by atoms with Crippen LogP contribution < -0.4 is 25.8 Å². The molecule has 0 amide bonds. The number of hydrogen-bond acceptors (Lipinski definition) is 9. The van der Waals surface area contributed by atoms with Gasteiger partial charge < -0.3 is 24.7 Å². The molecule has 0 saturated carbocycles. The number of para-hydroxylation sites is 2. The van der Waals surface area contributed by atoms with Gasteiger partial charge in [0.15, 0.2) is 5.69 Å². The molecule has 3 aromatic rings. The van der Waals surface area contributed by atoms with Crippen LogP contribution in [0.4, 0.5) is 5.69 Å². The van der Waals surface area contributed by atoms with Crippen LogP contribution in [-0.2, 0) is 14.3 Å². The second-order valence-electron chi connectivity index (χ2n) is 7.64. The first-order valence-corrected chi connectivity index (χ1v) is 11.7. The van der Waals surface area contributed by atoms with Gasteiger partial charge in [0.2, 0.25) is 5.91 Å². The molecule has 9 nitrogen and oxygen atoms in total. The van der Waals surface area contributed by atoms with Gasteiger partial charge in [-0.2, -0.15) is 0 Å². The smallest absolute Gasteiger partial charge is 0.357 e. The minimum Gasteiger partial charge on any atom is -0.496 e. The van der Waals surface area contributed by atoms with Crippen molar-refractivity contribution in [3.05, 3.63) is 75.9 Å². The summed E-state index contributed by atoms with van der Waals surface area (Å²) in [4.78, 5) is 40.0. The monoisotopic (exact) mass is 508 g/mol. The maximum Gasteiger partial charge on any atom is 0.357 e. The Balaban J connectivity index is 2.14. The van der Waals surface area contributed by atoms with E-state index >= 15 is 0 Å². The van der Waals surface area contributed by atoms with Crippen LogP contribution in [0.25, 0.3) is 11.0 Å². The number of methoxy groups -OCH3 is 4. The molecule has 1 atom stereocenters. The number of aromatic nitrogens is 1. The summed E-state index contributed by atoms with van der Waals surface area (Å²) in [5.41, 5.74) is 7.42. The van der Waals surface area contributed by atoms with Gasteiger partial charge in [0.05, 0.1) is 39.5 Å². The number of carbonyl (C=O) groups excluding carboxylic acids is 3.